The average Bonchev–Trinajstić information content (AvgIpc) is 3.41. The highest BCUT2D eigenvalue weighted by Gasteiger charge is 2.34. The monoisotopic (exact) mass is 419 g/mol. The van der Waals surface area contributed by atoms with Crippen LogP contribution in [-0.4, -0.2) is 47.1 Å². The van der Waals surface area contributed by atoms with Gasteiger partial charge in [-0.25, -0.2) is 0 Å². The number of hydroxylamine groups is 1. The molecule has 2 aromatic carbocycles. The molecule has 8 nitrogen and oxygen atoms in total. The number of amides is 1. The van der Waals surface area contributed by atoms with Gasteiger partial charge >= 0.3 is 0 Å². The van der Waals surface area contributed by atoms with Crippen molar-refractivity contribution >= 4 is 5.91 Å². The zero-order valence-electron chi connectivity index (χ0n) is 17.8. The van der Waals surface area contributed by atoms with Crippen LogP contribution in [0.3, 0.4) is 0 Å². The van der Waals surface area contributed by atoms with E-state index in [1.54, 1.807) is 11.1 Å². The van der Waals surface area contributed by atoms with Crippen molar-refractivity contribution in [3.8, 4) is 11.1 Å². The maximum Gasteiger partial charge on any atom is 0.258 e. The molecule has 4 rings (SSSR count). The Morgan fingerprint density at radius 2 is 1.87 bits per heavy atom. The fourth-order valence-electron chi connectivity index (χ4n) is 3.56. The fourth-order valence-corrected chi connectivity index (χ4v) is 3.56. The molecule has 0 bridgehead atoms. The molecule has 160 valence electrons. The predicted molar refractivity (Wildman–Crippen MR) is 115 cm³/mol. The Balaban J connectivity index is 1.58. The minimum Gasteiger partial charge on any atom is -0.338 e. The normalized spacial score (nSPS) is 15.9. The van der Waals surface area contributed by atoms with E-state index in [2.05, 4.69) is 15.6 Å². The highest BCUT2D eigenvalue weighted by molar-refractivity contribution is 5.96. The number of benzene rings is 2. The molecule has 8 heteroatoms. The van der Waals surface area contributed by atoms with Crippen molar-refractivity contribution in [3.63, 3.8) is 0 Å². The first-order valence-corrected chi connectivity index (χ1v) is 10.00. The number of aromatic nitrogens is 2. The molecular weight excluding hydrogens is 394 g/mol. The van der Waals surface area contributed by atoms with Gasteiger partial charge in [-0.3, -0.25) is 15.1 Å². The summed E-state index contributed by atoms with van der Waals surface area (Å²) >= 11 is 0. The van der Waals surface area contributed by atoms with E-state index in [1.165, 1.54) is 7.11 Å². The van der Waals surface area contributed by atoms with E-state index in [-0.39, 0.29) is 11.9 Å². The van der Waals surface area contributed by atoms with E-state index in [0.717, 1.165) is 16.8 Å². The molecular formula is C23H25N5O3. The third kappa shape index (κ3) is 4.65. The molecule has 3 aromatic rings. The van der Waals surface area contributed by atoms with Crippen molar-refractivity contribution in [2.45, 2.75) is 19.0 Å². The minimum absolute atomic E-state index is 0.142. The van der Waals surface area contributed by atoms with Crippen LogP contribution in [0.2, 0.25) is 0 Å². The summed E-state index contributed by atoms with van der Waals surface area (Å²) in [6, 6.07) is 17.3. The Morgan fingerprint density at radius 1 is 1.16 bits per heavy atom. The average molecular weight is 419 g/mol. The van der Waals surface area contributed by atoms with Crippen molar-refractivity contribution < 1.29 is 14.2 Å². The zero-order valence-corrected chi connectivity index (χ0v) is 17.8. The molecule has 0 unspecified atom stereocenters. The number of carbonyl (C=O) groups excluding carboxylic acids is 1. The molecule has 0 spiro atoms. The Labute approximate surface area is 181 Å². The lowest BCUT2D eigenvalue weighted by Gasteiger charge is -2.21. The summed E-state index contributed by atoms with van der Waals surface area (Å²) in [4.78, 5) is 26.4. The summed E-state index contributed by atoms with van der Waals surface area (Å²) in [6.07, 6.45) is 2.24. The van der Waals surface area contributed by atoms with Crippen molar-refractivity contribution in [2.24, 2.45) is 0 Å². The summed E-state index contributed by atoms with van der Waals surface area (Å²) < 4.78 is 5.37. The number of rotatable bonds is 7. The molecule has 2 heterocycles. The van der Waals surface area contributed by atoms with Gasteiger partial charge in [0.25, 0.3) is 5.91 Å². The first-order valence-electron chi connectivity index (χ1n) is 10.00. The third-order valence-corrected chi connectivity index (χ3v) is 4.98. The van der Waals surface area contributed by atoms with Crippen LogP contribution in [0.5, 0.6) is 0 Å². The summed E-state index contributed by atoms with van der Waals surface area (Å²) in [5.74, 6) is 0.833. The molecule has 1 N–H and O–H groups in total. The third-order valence-electron chi connectivity index (χ3n) is 4.98. The number of nitrogens with zero attached hydrogens (tertiary/aromatic N) is 4. The van der Waals surface area contributed by atoms with Gasteiger partial charge in [0, 0.05) is 18.2 Å². The first-order chi connectivity index (χ1) is 15.0. The second-order valence-electron chi connectivity index (χ2n) is 7.62. The molecule has 1 aliphatic heterocycles. The minimum atomic E-state index is -0.376. The Morgan fingerprint density at radius 3 is 2.55 bits per heavy atom. The van der Waals surface area contributed by atoms with Gasteiger partial charge in [0.15, 0.2) is 5.82 Å². The van der Waals surface area contributed by atoms with Crippen LogP contribution in [0.15, 0.2) is 71.0 Å². The molecule has 0 radical (unpaired) electrons. The van der Waals surface area contributed by atoms with Crippen molar-refractivity contribution in [2.75, 3.05) is 21.2 Å². The van der Waals surface area contributed by atoms with E-state index < -0.39 is 0 Å². The largest absolute Gasteiger partial charge is 0.338 e. The van der Waals surface area contributed by atoms with Crippen LogP contribution in [0.4, 0.5) is 0 Å². The second-order valence-corrected chi connectivity index (χ2v) is 7.62. The summed E-state index contributed by atoms with van der Waals surface area (Å²) in [6.45, 7) is 0.533. The SMILES string of the molecule is CONC1=CN(C(=O)c2ccc(-c3ccccc3)cc2)[C@H](c2noc(CN(C)C)n2)C1. The van der Waals surface area contributed by atoms with Gasteiger partial charge in [-0.2, -0.15) is 4.98 Å². The van der Waals surface area contributed by atoms with Crippen molar-refractivity contribution in [1.82, 2.24) is 25.4 Å². The standard InChI is InChI=1S/C23H25N5O3/c1-27(2)15-21-24-22(26-31-21)20-13-19(25-30-3)14-28(20)23(29)18-11-9-17(10-12-18)16-7-5-4-6-8-16/h4-12,14,20,25H,13,15H2,1-3H3/t20-/m0/s1. The van der Waals surface area contributed by atoms with E-state index in [9.17, 15) is 4.79 Å². The highest BCUT2D eigenvalue weighted by Crippen LogP contribution is 2.33. The molecule has 0 fully saturated rings. The molecule has 0 aliphatic carbocycles. The summed E-state index contributed by atoms with van der Waals surface area (Å²) in [5.41, 5.74) is 6.33. The van der Waals surface area contributed by atoms with E-state index in [1.807, 2.05) is 73.6 Å². The highest BCUT2D eigenvalue weighted by atomic mass is 16.6. The maximum atomic E-state index is 13.3. The number of hydrogen-bond donors (Lipinski definition) is 1. The predicted octanol–water partition coefficient (Wildman–Crippen LogP) is 3.38. The Bertz CT molecular complexity index is 1060. The number of nitrogens with one attached hydrogen (secondary N) is 1. The van der Waals surface area contributed by atoms with Crippen LogP contribution in [0.1, 0.15) is 34.5 Å². The van der Waals surface area contributed by atoms with Crippen molar-refractivity contribution in [1.29, 1.82) is 0 Å². The fraction of sp³-hybridized carbons (Fsp3) is 0.261. The van der Waals surface area contributed by atoms with Gasteiger partial charge in [0.2, 0.25) is 5.89 Å². The molecule has 1 aromatic heterocycles. The summed E-state index contributed by atoms with van der Waals surface area (Å²) in [7, 11) is 5.39. The van der Waals surface area contributed by atoms with Gasteiger partial charge in [-0.1, -0.05) is 47.6 Å². The van der Waals surface area contributed by atoms with Crippen LogP contribution >= 0.6 is 0 Å². The lowest BCUT2D eigenvalue weighted by atomic mass is 10.0. The molecule has 0 saturated carbocycles. The van der Waals surface area contributed by atoms with E-state index in [4.69, 9.17) is 9.36 Å². The molecule has 1 aliphatic rings. The smallest absolute Gasteiger partial charge is 0.258 e. The van der Waals surface area contributed by atoms with Crippen molar-refractivity contribution in [3.05, 3.63) is 83.8 Å². The maximum absolute atomic E-state index is 13.3. The first kappa shape index (κ1) is 20.8. The Hall–Kier alpha value is -3.49. The van der Waals surface area contributed by atoms with Crippen LogP contribution in [-0.2, 0) is 11.4 Å². The Kier molecular flexibility index (Phi) is 6.11. The van der Waals surface area contributed by atoms with E-state index in [0.29, 0.717) is 30.2 Å². The molecule has 0 saturated heterocycles. The van der Waals surface area contributed by atoms with Gasteiger partial charge in [-0.15, -0.1) is 0 Å². The van der Waals surface area contributed by atoms with Gasteiger partial charge in [0.1, 0.15) is 6.04 Å². The topological polar surface area (TPSA) is 83.7 Å². The molecule has 1 amide bonds. The zero-order chi connectivity index (χ0) is 21.8. The lowest BCUT2D eigenvalue weighted by Crippen LogP contribution is -2.28. The quantitative estimate of drug-likeness (QED) is 0.588. The number of hydrogen-bond acceptors (Lipinski definition) is 7. The second kappa shape index (κ2) is 9.11. The number of carbonyl (C=O) groups is 1. The van der Waals surface area contributed by atoms with Crippen LogP contribution < -0.4 is 5.48 Å². The van der Waals surface area contributed by atoms with Crippen LogP contribution in [0, 0.1) is 0 Å². The van der Waals surface area contributed by atoms with Gasteiger partial charge < -0.3 is 14.3 Å². The molecule has 1 atom stereocenters. The van der Waals surface area contributed by atoms with E-state index >= 15 is 0 Å². The molecule has 31 heavy (non-hydrogen) atoms. The van der Waals surface area contributed by atoms with Crippen LogP contribution in [0.25, 0.3) is 11.1 Å². The summed E-state index contributed by atoms with van der Waals surface area (Å²) in [5, 5.41) is 4.12. The lowest BCUT2D eigenvalue weighted by molar-refractivity contribution is 0.0777. The van der Waals surface area contributed by atoms with Gasteiger partial charge in [0.05, 0.1) is 19.4 Å². The van der Waals surface area contributed by atoms with Gasteiger partial charge in [-0.05, 0) is 37.4 Å².